The number of carbonyl (C=O) groups excluding carboxylic acids is 2. The van der Waals surface area contributed by atoms with Crippen molar-refractivity contribution < 1.29 is 9.59 Å². The van der Waals surface area contributed by atoms with Crippen LogP contribution >= 0.6 is 11.6 Å². The second kappa shape index (κ2) is 9.28. The van der Waals surface area contributed by atoms with Gasteiger partial charge >= 0.3 is 0 Å². The van der Waals surface area contributed by atoms with Gasteiger partial charge in [-0.2, -0.15) is 0 Å². The van der Waals surface area contributed by atoms with E-state index in [1.54, 1.807) is 16.8 Å². The van der Waals surface area contributed by atoms with Crippen molar-refractivity contribution in [2.75, 3.05) is 19.3 Å². The molecule has 0 radical (unpaired) electrons. The summed E-state index contributed by atoms with van der Waals surface area (Å²) in [6.45, 7) is 2.93. The summed E-state index contributed by atoms with van der Waals surface area (Å²) in [5, 5.41) is 0.664. The van der Waals surface area contributed by atoms with Gasteiger partial charge < -0.3 is 15.5 Å². The predicted octanol–water partition coefficient (Wildman–Crippen LogP) is 4.78. The van der Waals surface area contributed by atoms with Crippen LogP contribution < -0.4 is 5.73 Å². The SMILES string of the molecule is CN(Cc1ccc(Cl)cc1)C(=O)C1(C)CCN1C(=O)Cc1ccc(-c2ccc(N)cc2)cc1. The summed E-state index contributed by atoms with van der Waals surface area (Å²) >= 11 is 5.95. The molecule has 0 aromatic heterocycles. The molecule has 1 aliphatic rings. The van der Waals surface area contributed by atoms with Gasteiger partial charge in [0.2, 0.25) is 11.8 Å². The van der Waals surface area contributed by atoms with Crippen molar-refractivity contribution in [2.45, 2.75) is 31.8 Å². The van der Waals surface area contributed by atoms with Crippen LogP contribution in [-0.4, -0.2) is 40.7 Å². The first kappa shape index (κ1) is 22.9. The highest BCUT2D eigenvalue weighted by molar-refractivity contribution is 6.30. The summed E-state index contributed by atoms with van der Waals surface area (Å²) in [6, 6.07) is 23.1. The van der Waals surface area contributed by atoms with E-state index in [1.807, 2.05) is 79.7 Å². The lowest BCUT2D eigenvalue weighted by Crippen LogP contribution is -2.67. The van der Waals surface area contributed by atoms with Gasteiger partial charge in [-0.1, -0.05) is 60.1 Å². The summed E-state index contributed by atoms with van der Waals surface area (Å²) < 4.78 is 0. The lowest BCUT2D eigenvalue weighted by molar-refractivity contribution is -0.163. The summed E-state index contributed by atoms with van der Waals surface area (Å²) in [4.78, 5) is 29.7. The van der Waals surface area contributed by atoms with Crippen molar-refractivity contribution >= 4 is 29.1 Å². The molecule has 2 N–H and O–H groups in total. The Morgan fingerprint density at radius 2 is 1.48 bits per heavy atom. The normalized spacial score (nSPS) is 17.4. The van der Waals surface area contributed by atoms with Crippen molar-refractivity contribution in [3.05, 3.63) is 88.9 Å². The fraction of sp³-hybridized carbons (Fsp3) is 0.259. The zero-order valence-electron chi connectivity index (χ0n) is 18.9. The minimum Gasteiger partial charge on any atom is -0.399 e. The molecule has 0 bridgehead atoms. The van der Waals surface area contributed by atoms with Gasteiger partial charge in [0.05, 0.1) is 6.42 Å². The largest absolute Gasteiger partial charge is 0.399 e. The summed E-state index contributed by atoms with van der Waals surface area (Å²) in [5.41, 5.74) is 9.76. The molecule has 0 saturated carbocycles. The Kier molecular flexibility index (Phi) is 6.43. The van der Waals surface area contributed by atoms with Crippen LogP contribution in [-0.2, 0) is 22.6 Å². The molecule has 1 unspecified atom stereocenters. The zero-order chi connectivity index (χ0) is 23.6. The number of carbonyl (C=O) groups is 2. The van der Waals surface area contributed by atoms with E-state index in [4.69, 9.17) is 17.3 Å². The number of hydrogen-bond acceptors (Lipinski definition) is 3. The van der Waals surface area contributed by atoms with E-state index in [1.165, 1.54) is 0 Å². The molecule has 3 aromatic rings. The van der Waals surface area contributed by atoms with Crippen molar-refractivity contribution in [3.63, 3.8) is 0 Å². The number of anilines is 1. The fourth-order valence-corrected chi connectivity index (χ4v) is 4.41. The lowest BCUT2D eigenvalue weighted by atomic mass is 9.84. The summed E-state index contributed by atoms with van der Waals surface area (Å²) in [7, 11) is 1.78. The van der Waals surface area contributed by atoms with Crippen LogP contribution in [0.5, 0.6) is 0 Å². The van der Waals surface area contributed by atoms with E-state index in [0.717, 1.165) is 27.9 Å². The molecule has 33 heavy (non-hydrogen) atoms. The first-order valence-electron chi connectivity index (χ1n) is 11.0. The lowest BCUT2D eigenvalue weighted by Gasteiger charge is -2.50. The second-order valence-electron chi connectivity index (χ2n) is 8.85. The quantitative estimate of drug-likeness (QED) is 0.537. The van der Waals surface area contributed by atoms with Crippen LogP contribution in [0.15, 0.2) is 72.8 Å². The van der Waals surface area contributed by atoms with Gasteiger partial charge in [0.15, 0.2) is 0 Å². The maximum absolute atomic E-state index is 13.2. The highest BCUT2D eigenvalue weighted by atomic mass is 35.5. The van der Waals surface area contributed by atoms with Crippen molar-refractivity contribution in [1.82, 2.24) is 9.80 Å². The molecule has 6 heteroatoms. The molecular weight excluding hydrogens is 434 g/mol. The molecular formula is C27H28ClN3O2. The number of nitrogens with two attached hydrogens (primary N) is 1. The number of likely N-dealkylation sites (tertiary alicyclic amines) is 1. The molecule has 1 saturated heterocycles. The third kappa shape index (κ3) is 4.88. The van der Waals surface area contributed by atoms with E-state index in [2.05, 4.69) is 0 Å². The molecule has 3 aromatic carbocycles. The van der Waals surface area contributed by atoms with E-state index in [-0.39, 0.29) is 18.2 Å². The number of benzene rings is 3. The first-order chi connectivity index (χ1) is 15.8. The van der Waals surface area contributed by atoms with Crippen LogP contribution in [0.1, 0.15) is 24.5 Å². The maximum atomic E-state index is 13.2. The van der Waals surface area contributed by atoms with E-state index < -0.39 is 5.54 Å². The van der Waals surface area contributed by atoms with Gasteiger partial charge in [-0.25, -0.2) is 0 Å². The molecule has 2 amide bonds. The van der Waals surface area contributed by atoms with Crippen LogP contribution in [0.4, 0.5) is 5.69 Å². The minimum atomic E-state index is -0.803. The minimum absolute atomic E-state index is 0.0303. The summed E-state index contributed by atoms with van der Waals surface area (Å²) in [6.07, 6.45) is 0.935. The Morgan fingerprint density at radius 3 is 2.03 bits per heavy atom. The van der Waals surface area contributed by atoms with E-state index >= 15 is 0 Å². The second-order valence-corrected chi connectivity index (χ2v) is 9.29. The number of halogens is 1. The standard InChI is InChI=1S/C27H28ClN3O2/c1-27(26(33)30(2)18-20-5-11-23(28)12-6-20)15-16-31(27)25(32)17-19-3-7-21(8-4-19)22-9-13-24(29)14-10-22/h3-14H,15-18,29H2,1-2H3. The van der Waals surface area contributed by atoms with Gasteiger partial charge in [-0.15, -0.1) is 0 Å². The van der Waals surface area contributed by atoms with E-state index in [0.29, 0.717) is 24.5 Å². The first-order valence-corrected chi connectivity index (χ1v) is 11.4. The van der Waals surface area contributed by atoms with Gasteiger partial charge in [-0.05, 0) is 59.9 Å². The molecule has 1 fully saturated rings. The molecule has 0 spiro atoms. The van der Waals surface area contributed by atoms with Crippen LogP contribution in [0.25, 0.3) is 11.1 Å². The van der Waals surface area contributed by atoms with Crippen LogP contribution in [0.2, 0.25) is 5.02 Å². The van der Waals surface area contributed by atoms with E-state index in [9.17, 15) is 9.59 Å². The Labute approximate surface area is 199 Å². The number of amides is 2. The number of hydrogen-bond donors (Lipinski definition) is 1. The van der Waals surface area contributed by atoms with Gasteiger partial charge in [0, 0.05) is 30.8 Å². The third-order valence-corrected chi connectivity index (χ3v) is 6.66. The molecule has 1 atom stereocenters. The van der Waals surface area contributed by atoms with Gasteiger partial charge in [-0.3, -0.25) is 9.59 Å². The maximum Gasteiger partial charge on any atom is 0.248 e. The predicted molar refractivity (Wildman–Crippen MR) is 133 cm³/mol. The smallest absolute Gasteiger partial charge is 0.248 e. The number of rotatable bonds is 6. The number of likely N-dealkylation sites (N-methyl/N-ethyl adjacent to an activating group) is 1. The molecule has 1 aliphatic heterocycles. The Hall–Kier alpha value is -3.31. The molecule has 5 nitrogen and oxygen atoms in total. The highest BCUT2D eigenvalue weighted by Crippen LogP contribution is 2.33. The fourth-order valence-electron chi connectivity index (χ4n) is 4.29. The monoisotopic (exact) mass is 461 g/mol. The molecule has 170 valence electrons. The van der Waals surface area contributed by atoms with Crippen molar-refractivity contribution in [2.24, 2.45) is 0 Å². The topological polar surface area (TPSA) is 66.6 Å². The molecule has 0 aliphatic carbocycles. The number of nitrogens with zero attached hydrogens (tertiary/aromatic N) is 2. The number of nitrogen functional groups attached to an aromatic ring is 1. The average Bonchev–Trinajstić information content (AvgIpc) is 2.80. The zero-order valence-corrected chi connectivity index (χ0v) is 19.7. The van der Waals surface area contributed by atoms with Gasteiger partial charge in [0.25, 0.3) is 0 Å². The van der Waals surface area contributed by atoms with Crippen molar-refractivity contribution in [3.8, 4) is 11.1 Å². The Balaban J connectivity index is 1.39. The molecule has 1 heterocycles. The Morgan fingerprint density at radius 1 is 0.939 bits per heavy atom. The van der Waals surface area contributed by atoms with Crippen molar-refractivity contribution in [1.29, 1.82) is 0 Å². The average molecular weight is 462 g/mol. The van der Waals surface area contributed by atoms with Gasteiger partial charge in [0.1, 0.15) is 5.54 Å². The summed E-state index contributed by atoms with van der Waals surface area (Å²) in [5.74, 6) is -0.0759. The third-order valence-electron chi connectivity index (χ3n) is 6.41. The highest BCUT2D eigenvalue weighted by Gasteiger charge is 2.50. The molecule has 4 rings (SSSR count). The Bertz CT molecular complexity index is 1140. The van der Waals surface area contributed by atoms with Crippen LogP contribution in [0.3, 0.4) is 0 Å². The van der Waals surface area contributed by atoms with Crippen LogP contribution in [0, 0.1) is 0 Å².